The van der Waals surface area contributed by atoms with Crippen LogP contribution in [0.15, 0.2) is 42.5 Å². The molecule has 0 unspecified atom stereocenters. The maximum Gasteiger partial charge on any atom is 0.416 e. The highest BCUT2D eigenvalue weighted by Crippen LogP contribution is 2.29. The van der Waals surface area contributed by atoms with Crippen LogP contribution in [0.2, 0.25) is 0 Å². The predicted molar refractivity (Wildman–Crippen MR) is 76.8 cm³/mol. The molecule has 0 bridgehead atoms. The molecule has 4 nitrogen and oxygen atoms in total. The van der Waals surface area contributed by atoms with E-state index in [2.05, 4.69) is 14.9 Å². The van der Waals surface area contributed by atoms with Gasteiger partial charge in [-0.15, -0.1) is 5.10 Å². The Morgan fingerprint density at radius 2 is 1.82 bits per heavy atom. The van der Waals surface area contributed by atoms with Gasteiger partial charge in [-0.1, -0.05) is 4.49 Å². The quantitative estimate of drug-likeness (QED) is 0.776. The summed E-state index contributed by atoms with van der Waals surface area (Å²) in [6.07, 6.45) is -4.40. The first kappa shape index (κ1) is 14.5. The van der Waals surface area contributed by atoms with Gasteiger partial charge in [0.05, 0.1) is 10.3 Å². The van der Waals surface area contributed by atoms with Crippen molar-refractivity contribution in [1.29, 1.82) is 0 Å². The monoisotopic (exact) mass is 323 g/mol. The highest BCUT2D eigenvalue weighted by atomic mass is 32.1. The second-order valence-corrected chi connectivity index (χ2v) is 5.27. The van der Waals surface area contributed by atoms with E-state index in [4.69, 9.17) is 0 Å². The van der Waals surface area contributed by atoms with Gasteiger partial charge >= 0.3 is 6.18 Å². The highest BCUT2D eigenvalue weighted by Gasteiger charge is 2.29. The van der Waals surface area contributed by atoms with Gasteiger partial charge in [-0.3, -0.25) is 4.79 Å². The minimum Gasteiger partial charge on any atom is -0.322 e. The molecule has 2 aromatic carbocycles. The molecule has 1 N–H and O–H groups in total. The minimum atomic E-state index is -4.40. The van der Waals surface area contributed by atoms with Crippen LogP contribution < -0.4 is 5.32 Å². The number of carbonyl (C=O) groups excluding carboxylic acids is 1. The van der Waals surface area contributed by atoms with E-state index in [0.717, 1.165) is 16.8 Å². The van der Waals surface area contributed by atoms with Gasteiger partial charge in [0.1, 0.15) is 5.52 Å². The summed E-state index contributed by atoms with van der Waals surface area (Å²) in [6, 6.07) is 9.18. The summed E-state index contributed by atoms with van der Waals surface area (Å²) < 4.78 is 42.0. The molecule has 1 heterocycles. The van der Waals surface area contributed by atoms with Gasteiger partial charge in [-0.05, 0) is 54.0 Å². The van der Waals surface area contributed by atoms with Gasteiger partial charge in [-0.2, -0.15) is 13.2 Å². The Kier molecular flexibility index (Phi) is 3.53. The van der Waals surface area contributed by atoms with Gasteiger partial charge in [0.2, 0.25) is 0 Å². The summed E-state index contributed by atoms with van der Waals surface area (Å²) in [5.74, 6) is -0.422. The van der Waals surface area contributed by atoms with Gasteiger partial charge in [0.15, 0.2) is 0 Å². The summed E-state index contributed by atoms with van der Waals surface area (Å²) in [4.78, 5) is 12.1. The fourth-order valence-electron chi connectivity index (χ4n) is 1.87. The third-order valence-electron chi connectivity index (χ3n) is 2.98. The van der Waals surface area contributed by atoms with Crippen LogP contribution in [0.1, 0.15) is 15.9 Å². The van der Waals surface area contributed by atoms with Crippen LogP contribution in [0.3, 0.4) is 0 Å². The van der Waals surface area contributed by atoms with Crippen molar-refractivity contribution in [3.8, 4) is 0 Å². The Labute approximate surface area is 126 Å². The zero-order valence-corrected chi connectivity index (χ0v) is 11.7. The zero-order valence-electron chi connectivity index (χ0n) is 10.9. The molecule has 0 spiro atoms. The molecule has 0 aliphatic carbocycles. The summed E-state index contributed by atoms with van der Waals surface area (Å²) >= 11 is 1.22. The summed E-state index contributed by atoms with van der Waals surface area (Å²) in [5, 5.41) is 6.41. The molecule has 0 aliphatic heterocycles. The first-order chi connectivity index (χ1) is 10.4. The number of anilines is 1. The van der Waals surface area contributed by atoms with Crippen LogP contribution in [0.25, 0.3) is 10.2 Å². The lowest BCUT2D eigenvalue weighted by molar-refractivity contribution is -0.137. The maximum atomic E-state index is 12.5. The Balaban J connectivity index is 1.78. The number of alkyl halides is 3. The van der Waals surface area contributed by atoms with Crippen molar-refractivity contribution in [2.45, 2.75) is 6.18 Å². The molecule has 0 fully saturated rings. The molecule has 3 rings (SSSR count). The number of aromatic nitrogens is 2. The van der Waals surface area contributed by atoms with E-state index >= 15 is 0 Å². The van der Waals surface area contributed by atoms with E-state index in [1.54, 1.807) is 18.2 Å². The lowest BCUT2D eigenvalue weighted by Crippen LogP contribution is -2.12. The van der Waals surface area contributed by atoms with E-state index in [0.29, 0.717) is 11.1 Å². The lowest BCUT2D eigenvalue weighted by Gasteiger charge is -2.08. The zero-order chi connectivity index (χ0) is 15.7. The molecular weight excluding hydrogens is 315 g/mol. The normalized spacial score (nSPS) is 11.6. The van der Waals surface area contributed by atoms with Gasteiger partial charge in [0, 0.05) is 11.3 Å². The Morgan fingerprint density at radius 3 is 2.50 bits per heavy atom. The third kappa shape index (κ3) is 2.91. The number of benzene rings is 2. The Bertz CT molecular complexity index is 827. The number of amides is 1. The molecule has 0 saturated heterocycles. The number of rotatable bonds is 2. The maximum absolute atomic E-state index is 12.5. The van der Waals surface area contributed by atoms with Gasteiger partial charge in [-0.25, -0.2) is 0 Å². The van der Waals surface area contributed by atoms with Crippen molar-refractivity contribution in [2.24, 2.45) is 0 Å². The predicted octanol–water partition coefficient (Wildman–Crippen LogP) is 3.96. The number of hydrogen-bond donors (Lipinski definition) is 1. The van der Waals surface area contributed by atoms with E-state index in [1.807, 2.05) is 0 Å². The highest BCUT2D eigenvalue weighted by molar-refractivity contribution is 7.12. The van der Waals surface area contributed by atoms with Crippen LogP contribution in [0, 0.1) is 0 Å². The van der Waals surface area contributed by atoms with Crippen molar-refractivity contribution < 1.29 is 18.0 Å². The molecule has 1 amide bonds. The molecule has 1 aromatic heterocycles. The van der Waals surface area contributed by atoms with Crippen LogP contribution in [-0.4, -0.2) is 15.5 Å². The van der Waals surface area contributed by atoms with Crippen molar-refractivity contribution in [3.05, 3.63) is 53.6 Å². The fourth-order valence-corrected chi connectivity index (χ4v) is 2.41. The first-order valence-corrected chi connectivity index (χ1v) is 6.91. The molecule has 22 heavy (non-hydrogen) atoms. The molecule has 0 aliphatic rings. The lowest BCUT2D eigenvalue weighted by atomic mass is 10.1. The smallest absolute Gasteiger partial charge is 0.322 e. The number of nitrogens with zero attached hydrogens (tertiary/aromatic N) is 2. The van der Waals surface area contributed by atoms with Crippen LogP contribution >= 0.6 is 11.5 Å². The number of nitrogens with one attached hydrogen (secondary N) is 1. The van der Waals surface area contributed by atoms with Crippen molar-refractivity contribution in [1.82, 2.24) is 9.59 Å². The van der Waals surface area contributed by atoms with E-state index in [9.17, 15) is 18.0 Å². The van der Waals surface area contributed by atoms with E-state index in [-0.39, 0.29) is 5.69 Å². The second kappa shape index (κ2) is 5.38. The topological polar surface area (TPSA) is 54.9 Å². The summed E-state index contributed by atoms with van der Waals surface area (Å²) in [5.41, 5.74) is 0.486. The van der Waals surface area contributed by atoms with Crippen LogP contribution in [-0.2, 0) is 6.18 Å². The largest absolute Gasteiger partial charge is 0.416 e. The van der Waals surface area contributed by atoms with Crippen molar-refractivity contribution in [3.63, 3.8) is 0 Å². The number of hydrogen-bond acceptors (Lipinski definition) is 4. The first-order valence-electron chi connectivity index (χ1n) is 6.14. The summed E-state index contributed by atoms with van der Waals surface area (Å²) in [6.45, 7) is 0. The number of carbonyl (C=O) groups is 1. The molecule has 3 aromatic rings. The molecule has 0 saturated carbocycles. The van der Waals surface area contributed by atoms with Crippen LogP contribution in [0.4, 0.5) is 18.9 Å². The van der Waals surface area contributed by atoms with Gasteiger partial charge < -0.3 is 5.32 Å². The Morgan fingerprint density at radius 1 is 1.09 bits per heavy atom. The SMILES string of the molecule is O=C(Nc1ccc(C(F)(F)F)cc1)c1ccc2snnc2c1. The summed E-state index contributed by atoms with van der Waals surface area (Å²) in [7, 11) is 0. The molecule has 112 valence electrons. The second-order valence-electron chi connectivity index (χ2n) is 4.48. The number of halogens is 3. The fraction of sp³-hybridized carbons (Fsp3) is 0.0714. The molecule has 0 radical (unpaired) electrons. The molecule has 8 heteroatoms. The van der Waals surface area contributed by atoms with E-state index in [1.165, 1.54) is 23.7 Å². The third-order valence-corrected chi connectivity index (χ3v) is 3.68. The van der Waals surface area contributed by atoms with Gasteiger partial charge in [0.25, 0.3) is 5.91 Å². The standard InChI is InChI=1S/C14H8F3N3OS/c15-14(16,17)9-2-4-10(5-3-9)18-13(21)8-1-6-12-11(7-8)19-20-22-12/h1-7H,(H,18,21). The average Bonchev–Trinajstić information content (AvgIpc) is 2.94. The van der Waals surface area contributed by atoms with Crippen molar-refractivity contribution in [2.75, 3.05) is 5.32 Å². The number of fused-ring (bicyclic) bond motifs is 1. The average molecular weight is 323 g/mol. The molecular formula is C14H8F3N3OS. The Hall–Kier alpha value is -2.48. The molecule has 0 atom stereocenters. The van der Waals surface area contributed by atoms with E-state index < -0.39 is 17.6 Å². The minimum absolute atomic E-state index is 0.287. The van der Waals surface area contributed by atoms with Crippen LogP contribution in [0.5, 0.6) is 0 Å². The van der Waals surface area contributed by atoms with Crippen molar-refractivity contribution >= 4 is 33.3 Å².